The molecule has 1 saturated carbocycles. The minimum absolute atomic E-state index is 0.00691. The van der Waals surface area contributed by atoms with Crippen molar-refractivity contribution in [1.29, 1.82) is 0 Å². The monoisotopic (exact) mass is 514 g/mol. The maximum atomic E-state index is 13.5. The van der Waals surface area contributed by atoms with Crippen molar-refractivity contribution < 1.29 is 9.59 Å². The molecule has 32 heavy (non-hydrogen) atoms. The Balaban J connectivity index is 1.88. The van der Waals surface area contributed by atoms with Gasteiger partial charge in [0.1, 0.15) is 6.04 Å². The van der Waals surface area contributed by atoms with Crippen molar-refractivity contribution in [2.75, 3.05) is 0 Å². The molecule has 2 amide bonds. The van der Waals surface area contributed by atoms with E-state index in [2.05, 4.69) is 5.32 Å². The molecule has 1 fully saturated rings. The molecule has 172 valence electrons. The predicted molar refractivity (Wildman–Crippen MR) is 132 cm³/mol. The Kier molecular flexibility index (Phi) is 9.13. The summed E-state index contributed by atoms with van der Waals surface area (Å²) in [5.41, 5.74) is 1.33. The van der Waals surface area contributed by atoms with E-state index in [0.29, 0.717) is 32.1 Å². The largest absolute Gasteiger partial charge is 0.352 e. The fourth-order valence-electron chi connectivity index (χ4n) is 4.08. The lowest BCUT2D eigenvalue weighted by molar-refractivity contribution is -0.141. The summed E-state index contributed by atoms with van der Waals surface area (Å²) in [4.78, 5) is 28.2. The Morgan fingerprint density at radius 1 is 1.00 bits per heavy atom. The maximum Gasteiger partial charge on any atom is 0.243 e. The molecular weight excluding hydrogens is 490 g/mol. The van der Waals surface area contributed by atoms with E-state index in [1.54, 1.807) is 41.3 Å². The number of rotatable bonds is 8. The molecule has 1 atom stereocenters. The van der Waals surface area contributed by atoms with Crippen LogP contribution < -0.4 is 5.32 Å². The van der Waals surface area contributed by atoms with Crippen LogP contribution in [0.5, 0.6) is 0 Å². The number of benzene rings is 2. The van der Waals surface area contributed by atoms with Crippen LogP contribution in [0, 0.1) is 0 Å². The third-order valence-corrected chi connectivity index (χ3v) is 7.26. The molecule has 0 saturated heterocycles. The zero-order chi connectivity index (χ0) is 23.3. The Labute approximate surface area is 209 Å². The van der Waals surface area contributed by atoms with Gasteiger partial charge in [-0.25, -0.2) is 0 Å². The van der Waals surface area contributed by atoms with Crippen molar-refractivity contribution in [3.8, 4) is 0 Å². The van der Waals surface area contributed by atoms with Crippen LogP contribution in [-0.4, -0.2) is 28.8 Å². The average molecular weight is 516 g/mol. The van der Waals surface area contributed by atoms with E-state index in [1.165, 1.54) is 0 Å². The van der Waals surface area contributed by atoms with Crippen molar-refractivity contribution in [3.63, 3.8) is 0 Å². The average Bonchev–Trinajstić information content (AvgIpc) is 3.26. The van der Waals surface area contributed by atoms with Crippen molar-refractivity contribution >= 4 is 58.2 Å². The van der Waals surface area contributed by atoms with Gasteiger partial charge in [0.05, 0.1) is 16.5 Å². The lowest BCUT2D eigenvalue weighted by Gasteiger charge is -2.32. The Morgan fingerprint density at radius 3 is 2.25 bits per heavy atom. The SMILES string of the molecule is CC[C@H](C(=O)NC1CCCC1)N(Cc1ccc(Cl)c(Cl)c1)C(=O)Cc1c(Cl)cccc1Cl. The zero-order valence-electron chi connectivity index (χ0n) is 17.8. The van der Waals surface area contributed by atoms with Gasteiger partial charge in [-0.3, -0.25) is 9.59 Å². The molecule has 0 aromatic heterocycles. The summed E-state index contributed by atoms with van der Waals surface area (Å²) >= 11 is 24.8. The first-order valence-corrected chi connectivity index (χ1v) is 12.3. The van der Waals surface area contributed by atoms with Gasteiger partial charge in [0.15, 0.2) is 0 Å². The van der Waals surface area contributed by atoms with Gasteiger partial charge < -0.3 is 10.2 Å². The van der Waals surface area contributed by atoms with Gasteiger partial charge in [0.25, 0.3) is 0 Å². The van der Waals surface area contributed by atoms with E-state index in [-0.39, 0.29) is 30.8 Å². The molecule has 2 aromatic rings. The summed E-state index contributed by atoms with van der Waals surface area (Å²) in [6.07, 6.45) is 4.63. The van der Waals surface area contributed by atoms with Crippen LogP contribution in [0.1, 0.15) is 50.2 Å². The van der Waals surface area contributed by atoms with Crippen LogP contribution in [0.3, 0.4) is 0 Å². The second-order valence-electron chi connectivity index (χ2n) is 8.06. The molecule has 2 aromatic carbocycles. The fraction of sp³-hybridized carbons (Fsp3) is 0.417. The third-order valence-electron chi connectivity index (χ3n) is 5.81. The van der Waals surface area contributed by atoms with Crippen LogP contribution in [-0.2, 0) is 22.6 Å². The van der Waals surface area contributed by atoms with Crippen molar-refractivity contribution in [3.05, 3.63) is 67.6 Å². The van der Waals surface area contributed by atoms with E-state index in [1.807, 2.05) is 6.92 Å². The van der Waals surface area contributed by atoms with Crippen LogP contribution in [0.15, 0.2) is 36.4 Å². The van der Waals surface area contributed by atoms with Gasteiger partial charge in [-0.2, -0.15) is 0 Å². The number of carbonyl (C=O) groups is 2. The van der Waals surface area contributed by atoms with Gasteiger partial charge in [-0.1, -0.05) is 78.3 Å². The molecule has 3 rings (SSSR count). The quantitative estimate of drug-likeness (QED) is 0.424. The molecule has 0 spiro atoms. The van der Waals surface area contributed by atoms with E-state index >= 15 is 0 Å². The highest BCUT2D eigenvalue weighted by molar-refractivity contribution is 6.42. The minimum atomic E-state index is -0.626. The highest BCUT2D eigenvalue weighted by Gasteiger charge is 2.31. The molecule has 8 heteroatoms. The molecule has 0 bridgehead atoms. The molecule has 0 aliphatic heterocycles. The number of amides is 2. The van der Waals surface area contributed by atoms with Gasteiger partial charge >= 0.3 is 0 Å². The number of hydrogen-bond acceptors (Lipinski definition) is 2. The predicted octanol–water partition coefficient (Wildman–Crippen LogP) is 6.71. The smallest absolute Gasteiger partial charge is 0.243 e. The van der Waals surface area contributed by atoms with Crippen LogP contribution in [0.25, 0.3) is 0 Å². The molecule has 0 unspecified atom stereocenters. The van der Waals surface area contributed by atoms with Crippen molar-refractivity contribution in [2.24, 2.45) is 0 Å². The molecule has 1 N–H and O–H groups in total. The molecular formula is C24H26Cl4N2O2. The molecule has 1 aliphatic carbocycles. The fourth-order valence-corrected chi connectivity index (χ4v) is 4.93. The van der Waals surface area contributed by atoms with Gasteiger partial charge in [0.2, 0.25) is 11.8 Å². The number of nitrogens with one attached hydrogen (secondary N) is 1. The molecule has 1 aliphatic rings. The maximum absolute atomic E-state index is 13.5. The lowest BCUT2D eigenvalue weighted by Crippen LogP contribution is -2.51. The number of halogens is 4. The van der Waals surface area contributed by atoms with E-state index in [4.69, 9.17) is 46.4 Å². The van der Waals surface area contributed by atoms with Gasteiger partial charge in [0, 0.05) is 22.6 Å². The summed E-state index contributed by atoms with van der Waals surface area (Å²) in [6, 6.07) is 9.87. The van der Waals surface area contributed by atoms with E-state index in [0.717, 1.165) is 31.2 Å². The Hall–Kier alpha value is -1.46. The van der Waals surface area contributed by atoms with Crippen molar-refractivity contribution in [2.45, 2.75) is 64.1 Å². The first-order valence-electron chi connectivity index (χ1n) is 10.8. The first-order chi connectivity index (χ1) is 15.3. The van der Waals surface area contributed by atoms with Crippen molar-refractivity contribution in [1.82, 2.24) is 10.2 Å². The molecule has 0 radical (unpaired) electrons. The number of carbonyl (C=O) groups excluding carboxylic acids is 2. The van der Waals surface area contributed by atoms with Gasteiger partial charge in [-0.15, -0.1) is 0 Å². The normalized spacial score (nSPS) is 14.9. The second-order valence-corrected chi connectivity index (χ2v) is 9.69. The Morgan fingerprint density at radius 2 is 1.66 bits per heavy atom. The second kappa shape index (κ2) is 11.6. The van der Waals surface area contributed by atoms with Crippen LogP contribution >= 0.6 is 46.4 Å². The summed E-state index contributed by atoms with van der Waals surface area (Å²) in [5.74, 6) is -0.377. The van der Waals surface area contributed by atoms with E-state index in [9.17, 15) is 9.59 Å². The minimum Gasteiger partial charge on any atom is -0.352 e. The highest BCUT2D eigenvalue weighted by Crippen LogP contribution is 2.28. The zero-order valence-corrected chi connectivity index (χ0v) is 20.9. The summed E-state index contributed by atoms with van der Waals surface area (Å²) in [7, 11) is 0. The summed E-state index contributed by atoms with van der Waals surface area (Å²) < 4.78 is 0. The van der Waals surface area contributed by atoms with E-state index < -0.39 is 6.04 Å². The summed E-state index contributed by atoms with van der Waals surface area (Å²) in [6.45, 7) is 2.12. The number of nitrogens with zero attached hydrogens (tertiary/aromatic N) is 1. The Bertz CT molecular complexity index is 956. The first kappa shape index (κ1) is 25.2. The summed E-state index contributed by atoms with van der Waals surface area (Å²) in [5, 5.41) is 4.80. The lowest BCUT2D eigenvalue weighted by atomic mass is 10.1. The van der Waals surface area contributed by atoms with Crippen LogP contribution in [0.4, 0.5) is 0 Å². The molecule has 4 nitrogen and oxygen atoms in total. The topological polar surface area (TPSA) is 49.4 Å². The van der Waals surface area contributed by atoms with Gasteiger partial charge in [-0.05, 0) is 54.7 Å². The standard InChI is InChI=1S/C24H26Cl4N2O2/c1-2-22(24(32)29-16-6-3-4-7-16)30(14-15-10-11-20(27)21(28)12-15)23(31)13-17-18(25)8-5-9-19(17)26/h5,8-12,16,22H,2-4,6-7,13-14H2,1H3,(H,29,32)/t22-/m1/s1. The van der Waals surface area contributed by atoms with Crippen LogP contribution in [0.2, 0.25) is 20.1 Å². The number of hydrogen-bond donors (Lipinski definition) is 1. The highest BCUT2D eigenvalue weighted by atomic mass is 35.5. The third kappa shape index (κ3) is 6.32. The molecule has 0 heterocycles.